The van der Waals surface area contributed by atoms with Crippen molar-refractivity contribution in [2.45, 2.75) is 29.1 Å². The van der Waals surface area contributed by atoms with Crippen molar-refractivity contribution in [3.63, 3.8) is 0 Å². The lowest BCUT2D eigenvalue weighted by Crippen LogP contribution is -2.64. The molecule has 9 heteroatoms. The summed E-state index contributed by atoms with van der Waals surface area (Å²) in [6, 6.07) is 7.15. The number of fused-ring (bicyclic) bond motifs is 1. The van der Waals surface area contributed by atoms with Gasteiger partial charge in [-0.05, 0) is 28.1 Å². The van der Waals surface area contributed by atoms with E-state index in [0.29, 0.717) is 16.7 Å². The van der Waals surface area contributed by atoms with E-state index in [0.717, 1.165) is 0 Å². The Kier molecular flexibility index (Phi) is 4.58. The number of para-hydroxylation sites is 1. The van der Waals surface area contributed by atoms with Gasteiger partial charge in [-0.15, -0.1) is 0 Å². The average molecular weight is 409 g/mol. The molecule has 23 heavy (non-hydrogen) atoms. The first-order valence-electron chi connectivity index (χ1n) is 6.82. The van der Waals surface area contributed by atoms with Crippen LogP contribution in [-0.4, -0.2) is 60.2 Å². The fraction of sp³-hybridized carbons (Fsp3) is 0.429. The number of hydrogen-bond acceptors (Lipinski definition) is 6. The highest BCUT2D eigenvalue weighted by atomic mass is 79.9. The van der Waals surface area contributed by atoms with E-state index in [1.54, 1.807) is 18.2 Å². The standard InChI is InChI=1S/C14H15BrClNO6/c15-14(6-18)12(20)10(19)11(13(21)23-14)22-9-5-17(16)8-4-2-1-3-7(8)9/h1-5,10-13,18-21H,6H2/t10-,11-,12-,13-,14-/m1/s1. The maximum absolute atomic E-state index is 10.2. The predicted molar refractivity (Wildman–Crippen MR) is 85.5 cm³/mol. The van der Waals surface area contributed by atoms with E-state index >= 15 is 0 Å². The third kappa shape index (κ3) is 2.85. The second kappa shape index (κ2) is 6.21. The lowest BCUT2D eigenvalue weighted by Gasteiger charge is -2.44. The minimum Gasteiger partial charge on any atom is -0.480 e. The van der Waals surface area contributed by atoms with E-state index in [2.05, 4.69) is 15.9 Å². The van der Waals surface area contributed by atoms with Crippen molar-refractivity contribution in [2.75, 3.05) is 6.61 Å². The molecule has 0 aliphatic carbocycles. The number of benzene rings is 1. The lowest BCUT2D eigenvalue weighted by atomic mass is 9.99. The molecule has 0 unspecified atom stereocenters. The second-order valence-corrected chi connectivity index (χ2v) is 7.00. The van der Waals surface area contributed by atoms with Crippen LogP contribution in [-0.2, 0) is 4.74 Å². The van der Waals surface area contributed by atoms with Gasteiger partial charge in [0.15, 0.2) is 16.9 Å². The number of nitrogens with zero attached hydrogens (tertiary/aromatic N) is 1. The lowest BCUT2D eigenvalue weighted by molar-refractivity contribution is -0.290. The van der Waals surface area contributed by atoms with Crippen molar-refractivity contribution in [1.29, 1.82) is 0 Å². The first kappa shape index (κ1) is 17.0. The zero-order valence-corrected chi connectivity index (χ0v) is 14.1. The summed E-state index contributed by atoms with van der Waals surface area (Å²) in [5.74, 6) is 0.320. The first-order chi connectivity index (χ1) is 10.9. The van der Waals surface area contributed by atoms with Gasteiger partial charge in [0.1, 0.15) is 18.0 Å². The van der Waals surface area contributed by atoms with Crippen LogP contribution in [0.3, 0.4) is 0 Å². The van der Waals surface area contributed by atoms with E-state index in [-0.39, 0.29) is 0 Å². The molecule has 0 spiro atoms. The molecular formula is C14H15BrClNO6. The summed E-state index contributed by atoms with van der Waals surface area (Å²) < 4.78 is 10.5. The Balaban J connectivity index is 1.90. The van der Waals surface area contributed by atoms with E-state index < -0.39 is 35.7 Å². The Bertz CT molecular complexity index is 712. The molecular weight excluding hydrogens is 394 g/mol. The summed E-state index contributed by atoms with van der Waals surface area (Å²) in [5, 5.41) is 40.3. The molecule has 2 aromatic rings. The van der Waals surface area contributed by atoms with Crippen LogP contribution in [0.1, 0.15) is 0 Å². The fourth-order valence-corrected chi connectivity index (χ4v) is 3.25. The monoisotopic (exact) mass is 407 g/mol. The van der Waals surface area contributed by atoms with Crippen molar-refractivity contribution < 1.29 is 29.9 Å². The van der Waals surface area contributed by atoms with Gasteiger partial charge in [-0.2, -0.15) is 0 Å². The highest BCUT2D eigenvalue weighted by Crippen LogP contribution is 2.37. The number of alkyl halides is 1. The predicted octanol–water partition coefficient (Wildman–Crippen LogP) is 0.544. The number of rotatable bonds is 3. The Morgan fingerprint density at radius 2 is 2.00 bits per heavy atom. The average Bonchev–Trinajstić information content (AvgIpc) is 2.86. The molecule has 7 nitrogen and oxygen atoms in total. The SMILES string of the molecule is OC[C@@]1(Br)O[C@@H](O)[C@H](Oc2cn(Cl)c3ccccc23)[C@@H](O)[C@H]1O. The topological polar surface area (TPSA) is 104 Å². The summed E-state index contributed by atoms with van der Waals surface area (Å²) in [6.45, 7) is -0.643. The molecule has 0 amide bonds. The van der Waals surface area contributed by atoms with Gasteiger partial charge in [-0.25, -0.2) is 0 Å². The molecule has 5 atom stereocenters. The molecule has 0 saturated carbocycles. The smallest absolute Gasteiger partial charge is 0.196 e. The third-order valence-corrected chi connectivity index (χ3v) is 4.99. The van der Waals surface area contributed by atoms with Crippen LogP contribution in [0, 0.1) is 0 Å². The Morgan fingerprint density at radius 3 is 2.70 bits per heavy atom. The van der Waals surface area contributed by atoms with Crippen LogP contribution in [0.2, 0.25) is 0 Å². The highest BCUT2D eigenvalue weighted by molar-refractivity contribution is 9.10. The number of halogens is 2. The van der Waals surface area contributed by atoms with Gasteiger partial charge >= 0.3 is 0 Å². The molecule has 1 aliphatic heterocycles. The van der Waals surface area contributed by atoms with Crippen LogP contribution in [0.5, 0.6) is 5.75 Å². The highest BCUT2D eigenvalue weighted by Gasteiger charge is 2.53. The minimum absolute atomic E-state index is 0.320. The number of aliphatic hydroxyl groups excluding tert-OH is 4. The molecule has 1 saturated heterocycles. The normalized spacial score (nSPS) is 34.7. The summed E-state index contributed by atoms with van der Waals surface area (Å²) in [6.07, 6.45) is -4.35. The van der Waals surface area contributed by atoms with Gasteiger partial charge in [0.2, 0.25) is 0 Å². The van der Waals surface area contributed by atoms with Crippen LogP contribution in [0.4, 0.5) is 0 Å². The van der Waals surface area contributed by atoms with Crippen LogP contribution in [0.25, 0.3) is 10.9 Å². The van der Waals surface area contributed by atoms with Crippen molar-refractivity contribution in [3.8, 4) is 5.75 Å². The molecule has 1 aromatic heterocycles. The largest absolute Gasteiger partial charge is 0.480 e. The molecule has 4 N–H and O–H groups in total. The Hall–Kier alpha value is -0.870. The van der Waals surface area contributed by atoms with Crippen LogP contribution in [0.15, 0.2) is 30.5 Å². The van der Waals surface area contributed by atoms with Crippen molar-refractivity contribution in [3.05, 3.63) is 30.5 Å². The van der Waals surface area contributed by atoms with E-state index in [4.69, 9.17) is 21.3 Å². The molecule has 3 rings (SSSR count). The van der Waals surface area contributed by atoms with Crippen molar-refractivity contribution >= 4 is 38.6 Å². The van der Waals surface area contributed by atoms with Gasteiger partial charge in [-0.3, -0.25) is 4.09 Å². The Morgan fingerprint density at radius 1 is 1.30 bits per heavy atom. The van der Waals surface area contributed by atoms with Crippen LogP contribution < -0.4 is 4.74 Å². The number of hydrogen-bond donors (Lipinski definition) is 4. The summed E-state index contributed by atoms with van der Waals surface area (Å²) in [4.78, 5) is 0. The van der Waals surface area contributed by atoms with Crippen molar-refractivity contribution in [1.82, 2.24) is 4.09 Å². The fourth-order valence-electron chi connectivity index (χ4n) is 2.55. The van der Waals surface area contributed by atoms with Gasteiger partial charge in [0.05, 0.1) is 18.3 Å². The van der Waals surface area contributed by atoms with E-state index in [9.17, 15) is 20.4 Å². The molecule has 126 valence electrons. The Labute approximate surface area is 144 Å². The first-order valence-corrected chi connectivity index (χ1v) is 7.95. The second-order valence-electron chi connectivity index (χ2n) is 5.29. The van der Waals surface area contributed by atoms with Crippen LogP contribution >= 0.6 is 27.7 Å². The molecule has 1 aromatic carbocycles. The maximum atomic E-state index is 10.2. The van der Waals surface area contributed by atoms with Crippen molar-refractivity contribution in [2.24, 2.45) is 0 Å². The zero-order chi connectivity index (χ0) is 16.8. The minimum atomic E-state index is -1.66. The molecule has 1 aliphatic rings. The summed E-state index contributed by atoms with van der Waals surface area (Å²) in [5.41, 5.74) is 0.690. The molecule has 1 fully saturated rings. The molecule has 0 bridgehead atoms. The number of aliphatic hydroxyl groups is 4. The van der Waals surface area contributed by atoms with Gasteiger partial charge in [-0.1, -0.05) is 12.1 Å². The molecule has 2 heterocycles. The van der Waals surface area contributed by atoms with Gasteiger partial charge in [0.25, 0.3) is 0 Å². The van der Waals surface area contributed by atoms with E-state index in [1.807, 2.05) is 6.07 Å². The maximum Gasteiger partial charge on any atom is 0.196 e. The third-order valence-electron chi connectivity index (χ3n) is 3.81. The van der Waals surface area contributed by atoms with Gasteiger partial charge in [0, 0.05) is 17.2 Å². The quantitative estimate of drug-likeness (QED) is 0.553. The number of aromatic nitrogens is 1. The molecule has 0 radical (unpaired) electrons. The van der Waals surface area contributed by atoms with Gasteiger partial charge < -0.3 is 29.9 Å². The zero-order valence-electron chi connectivity index (χ0n) is 11.7. The van der Waals surface area contributed by atoms with E-state index in [1.165, 1.54) is 10.3 Å². The summed E-state index contributed by atoms with van der Waals surface area (Å²) >= 11 is 9.03. The number of ether oxygens (including phenoxy) is 2. The summed E-state index contributed by atoms with van der Waals surface area (Å²) in [7, 11) is 0.